The molecule has 2 heterocycles. The summed E-state index contributed by atoms with van der Waals surface area (Å²) in [6, 6.07) is 15.8. The van der Waals surface area contributed by atoms with E-state index in [0.717, 1.165) is 64.7 Å². The zero-order valence-electron chi connectivity index (χ0n) is 21.4. The van der Waals surface area contributed by atoms with Crippen molar-refractivity contribution in [2.75, 3.05) is 42.5 Å². The average Bonchev–Trinajstić information content (AvgIpc) is 2.88. The highest BCUT2D eigenvalue weighted by Gasteiger charge is 2.22. The van der Waals surface area contributed by atoms with Gasteiger partial charge in [-0.05, 0) is 49.6 Å². The van der Waals surface area contributed by atoms with Crippen molar-refractivity contribution in [3.05, 3.63) is 75.9 Å². The van der Waals surface area contributed by atoms with Crippen LogP contribution in [0.5, 0.6) is 0 Å². The van der Waals surface area contributed by atoms with E-state index < -0.39 is 0 Å². The molecule has 190 valence electrons. The lowest BCUT2D eigenvalue weighted by atomic mass is 10.1. The fourth-order valence-electron chi connectivity index (χ4n) is 4.18. The zero-order chi connectivity index (χ0) is 25.7. The number of carbonyl (C=O) groups excluding carboxylic acids is 1. The van der Waals surface area contributed by atoms with E-state index in [-0.39, 0.29) is 5.91 Å². The number of amides is 1. The van der Waals surface area contributed by atoms with E-state index in [9.17, 15) is 4.79 Å². The van der Waals surface area contributed by atoms with Gasteiger partial charge in [0.25, 0.3) is 5.91 Å². The molecule has 0 atom stereocenters. The molecular weight excluding hydrogens is 490 g/mol. The van der Waals surface area contributed by atoms with Crippen LogP contribution in [0.2, 0.25) is 5.02 Å². The molecule has 1 saturated heterocycles. The van der Waals surface area contributed by atoms with Gasteiger partial charge in [0.05, 0.1) is 10.7 Å². The van der Waals surface area contributed by atoms with Crippen LogP contribution in [0.4, 0.5) is 11.5 Å². The summed E-state index contributed by atoms with van der Waals surface area (Å²) in [6.45, 7) is 12.5. The summed E-state index contributed by atoms with van der Waals surface area (Å²) in [5.41, 5.74) is 4.97. The van der Waals surface area contributed by atoms with Crippen LogP contribution < -0.4 is 15.1 Å². The minimum atomic E-state index is -0.0313. The molecule has 1 amide bonds. The molecule has 6 nitrogen and oxygen atoms in total. The van der Waals surface area contributed by atoms with Crippen molar-refractivity contribution in [3.63, 3.8) is 0 Å². The number of thioether (sulfide) groups is 1. The first-order valence-electron chi connectivity index (χ1n) is 12.4. The predicted molar refractivity (Wildman–Crippen MR) is 151 cm³/mol. The van der Waals surface area contributed by atoms with Crippen molar-refractivity contribution >= 4 is 40.8 Å². The molecule has 0 unspecified atom stereocenters. The number of para-hydroxylation sites is 1. The topological polar surface area (TPSA) is 61.4 Å². The average molecular weight is 524 g/mol. The second-order valence-electron chi connectivity index (χ2n) is 9.56. The van der Waals surface area contributed by atoms with Gasteiger partial charge in [-0.15, -0.1) is 0 Å². The largest absolute Gasteiger partial charge is 0.367 e. The Bertz CT molecular complexity index is 1210. The molecule has 0 radical (unpaired) electrons. The van der Waals surface area contributed by atoms with Gasteiger partial charge in [0.15, 0.2) is 5.16 Å². The highest BCUT2D eigenvalue weighted by molar-refractivity contribution is 7.98. The molecule has 36 heavy (non-hydrogen) atoms. The summed E-state index contributed by atoms with van der Waals surface area (Å²) in [5, 5.41) is 4.54. The van der Waals surface area contributed by atoms with E-state index >= 15 is 0 Å². The molecule has 2 aromatic carbocycles. The number of hydrogen-bond acceptors (Lipinski definition) is 6. The van der Waals surface area contributed by atoms with Gasteiger partial charge >= 0.3 is 0 Å². The Morgan fingerprint density at radius 3 is 2.47 bits per heavy atom. The molecule has 3 aromatic rings. The van der Waals surface area contributed by atoms with Crippen LogP contribution in [0.15, 0.2) is 53.7 Å². The van der Waals surface area contributed by atoms with Crippen LogP contribution in [0, 0.1) is 19.8 Å². The number of piperazine rings is 1. The Labute approximate surface area is 223 Å². The molecule has 1 aromatic heterocycles. The number of aryl methyl sites for hydroxylation is 1. The lowest BCUT2D eigenvalue weighted by molar-refractivity contribution is 0.0949. The van der Waals surface area contributed by atoms with Gasteiger partial charge in [0.1, 0.15) is 5.82 Å². The maximum atomic E-state index is 12.5. The molecule has 8 heteroatoms. The summed E-state index contributed by atoms with van der Waals surface area (Å²) in [4.78, 5) is 26.8. The molecule has 0 bridgehead atoms. The highest BCUT2D eigenvalue weighted by Crippen LogP contribution is 2.30. The molecular formula is C28H34ClN5OS. The van der Waals surface area contributed by atoms with Crippen molar-refractivity contribution in [3.8, 4) is 0 Å². The molecule has 1 N–H and O–H groups in total. The third kappa shape index (κ3) is 6.51. The van der Waals surface area contributed by atoms with Crippen molar-refractivity contribution < 1.29 is 4.79 Å². The molecule has 1 aliphatic rings. The molecule has 0 saturated carbocycles. The van der Waals surface area contributed by atoms with E-state index in [1.54, 1.807) is 11.8 Å². The van der Waals surface area contributed by atoms with E-state index in [0.29, 0.717) is 23.8 Å². The molecule has 1 fully saturated rings. The predicted octanol–water partition coefficient (Wildman–Crippen LogP) is 5.75. The van der Waals surface area contributed by atoms with Crippen molar-refractivity contribution in [2.24, 2.45) is 5.92 Å². The normalized spacial score (nSPS) is 13.8. The Morgan fingerprint density at radius 2 is 1.75 bits per heavy atom. The molecule has 0 aliphatic carbocycles. The number of nitrogens with zero attached hydrogens (tertiary/aromatic N) is 4. The maximum absolute atomic E-state index is 12.5. The van der Waals surface area contributed by atoms with Gasteiger partial charge in [-0.1, -0.05) is 61.5 Å². The first kappa shape index (κ1) is 26.3. The first-order valence-corrected chi connectivity index (χ1v) is 13.8. The fourth-order valence-corrected chi connectivity index (χ4v) is 5.26. The van der Waals surface area contributed by atoms with Crippen LogP contribution >= 0.6 is 23.4 Å². The van der Waals surface area contributed by atoms with Gasteiger partial charge < -0.3 is 15.1 Å². The quantitative estimate of drug-likeness (QED) is 0.299. The van der Waals surface area contributed by atoms with Gasteiger partial charge in [-0.2, -0.15) is 0 Å². The molecule has 0 spiro atoms. The Kier molecular flexibility index (Phi) is 8.75. The van der Waals surface area contributed by atoms with Crippen LogP contribution in [0.1, 0.15) is 41.0 Å². The highest BCUT2D eigenvalue weighted by atomic mass is 35.5. The van der Waals surface area contributed by atoms with E-state index in [1.165, 1.54) is 0 Å². The number of anilines is 2. The summed E-state index contributed by atoms with van der Waals surface area (Å²) >= 11 is 8.02. The number of hydrogen-bond donors (Lipinski definition) is 1. The maximum Gasteiger partial charge on any atom is 0.251 e. The number of aromatic nitrogens is 2. The first-order chi connectivity index (χ1) is 17.3. The summed E-state index contributed by atoms with van der Waals surface area (Å²) < 4.78 is 0. The smallest absolute Gasteiger partial charge is 0.251 e. The zero-order valence-corrected chi connectivity index (χ0v) is 23.0. The third-order valence-electron chi connectivity index (χ3n) is 6.34. The fraction of sp³-hybridized carbons (Fsp3) is 0.393. The van der Waals surface area contributed by atoms with Gasteiger partial charge in [-0.3, -0.25) is 4.79 Å². The lowest BCUT2D eigenvalue weighted by Crippen LogP contribution is -2.47. The van der Waals surface area contributed by atoms with Gasteiger partial charge in [-0.25, -0.2) is 9.97 Å². The van der Waals surface area contributed by atoms with E-state index in [2.05, 4.69) is 42.0 Å². The Morgan fingerprint density at radius 1 is 1.03 bits per heavy atom. The standard InChI is InChI=1S/C28H34ClN5OS/c1-19(2)17-30-27(35)23-9-7-8-22(16-23)18-36-28-31-21(4)20(3)26(32-28)34-14-12-33(13-15-34)25-11-6-5-10-24(25)29/h5-11,16,19H,12-15,17-18H2,1-4H3,(H,30,35). The van der Waals surface area contributed by atoms with Gasteiger partial charge in [0, 0.05) is 55.3 Å². The number of benzene rings is 2. The van der Waals surface area contributed by atoms with Crippen molar-refractivity contribution in [1.82, 2.24) is 15.3 Å². The van der Waals surface area contributed by atoms with Crippen molar-refractivity contribution in [2.45, 2.75) is 38.6 Å². The number of nitrogens with one attached hydrogen (secondary N) is 1. The third-order valence-corrected chi connectivity index (χ3v) is 7.58. The second-order valence-corrected chi connectivity index (χ2v) is 10.9. The van der Waals surface area contributed by atoms with E-state index in [4.69, 9.17) is 21.6 Å². The SMILES string of the molecule is Cc1nc(SCc2cccc(C(=O)NCC(C)C)c2)nc(N2CCN(c3ccccc3Cl)CC2)c1C. The Balaban J connectivity index is 1.42. The molecule has 4 rings (SSSR count). The summed E-state index contributed by atoms with van der Waals surface area (Å²) in [7, 11) is 0. The number of halogens is 1. The number of carbonyl (C=O) groups is 1. The number of rotatable bonds is 8. The van der Waals surface area contributed by atoms with Crippen LogP contribution in [-0.2, 0) is 5.75 Å². The summed E-state index contributed by atoms with van der Waals surface area (Å²) in [6.07, 6.45) is 0. The lowest BCUT2D eigenvalue weighted by Gasteiger charge is -2.37. The monoisotopic (exact) mass is 523 g/mol. The second kappa shape index (κ2) is 12.0. The van der Waals surface area contributed by atoms with Crippen molar-refractivity contribution in [1.29, 1.82) is 0 Å². The van der Waals surface area contributed by atoms with Crippen LogP contribution in [0.25, 0.3) is 0 Å². The Hall–Kier alpha value is -2.77. The minimum absolute atomic E-state index is 0.0313. The van der Waals surface area contributed by atoms with E-state index in [1.807, 2.05) is 49.4 Å². The summed E-state index contributed by atoms with van der Waals surface area (Å²) in [5.74, 6) is 2.10. The van der Waals surface area contributed by atoms with Crippen LogP contribution in [-0.4, -0.2) is 48.6 Å². The molecule has 1 aliphatic heterocycles. The van der Waals surface area contributed by atoms with Crippen LogP contribution in [0.3, 0.4) is 0 Å². The minimum Gasteiger partial charge on any atom is -0.367 e. The van der Waals surface area contributed by atoms with Gasteiger partial charge in [0.2, 0.25) is 0 Å².